The van der Waals surface area contributed by atoms with E-state index in [1.165, 1.54) is 92.6 Å². The molecule has 0 amide bonds. The lowest BCUT2D eigenvalue weighted by molar-refractivity contribution is 0.0370. The first kappa shape index (κ1) is 45.7. The number of nitrogens with zero attached hydrogens (tertiary/aromatic N) is 3. The molecular weight excluding hydrogens is 939 g/mol. The lowest BCUT2D eigenvalue weighted by Gasteiger charge is -2.55. The number of hydrogen-bond donors (Lipinski definition) is 0. The maximum absolute atomic E-state index is 5.52. The number of aromatic nitrogens is 3. The molecule has 2 bridgehead atoms. The van der Waals surface area contributed by atoms with E-state index in [-0.39, 0.29) is 5.41 Å². The molecule has 9 aromatic carbocycles. The van der Waals surface area contributed by atoms with Crippen LogP contribution in [0, 0.1) is 23.7 Å². The Morgan fingerprint density at radius 1 is 0.434 bits per heavy atom. The summed E-state index contributed by atoms with van der Waals surface area (Å²) in [6.07, 6.45) is 11.8. The fraction of sp³-hybridized carbons (Fsp3) is 0.208. The summed E-state index contributed by atoms with van der Waals surface area (Å²) >= 11 is 0. The third kappa shape index (κ3) is 6.40. The Morgan fingerprint density at radius 2 is 0.987 bits per heavy atom. The van der Waals surface area contributed by atoms with Gasteiger partial charge in [0.05, 0.1) is 5.41 Å². The molecule has 2 fully saturated rings. The van der Waals surface area contributed by atoms with Crippen molar-refractivity contribution in [2.75, 3.05) is 12.5 Å². The van der Waals surface area contributed by atoms with Crippen LogP contribution in [0.25, 0.3) is 78.7 Å². The highest BCUT2D eigenvalue weighted by Crippen LogP contribution is 2.74. The number of fused-ring (bicyclic) bond motifs is 15. The van der Waals surface area contributed by atoms with E-state index in [9.17, 15) is 0 Å². The van der Waals surface area contributed by atoms with Gasteiger partial charge in [0.1, 0.15) is 0 Å². The summed E-state index contributed by atoms with van der Waals surface area (Å²) in [5, 5.41) is 0. The number of rotatable bonds is 7. The first-order chi connectivity index (χ1) is 37.3. The van der Waals surface area contributed by atoms with Crippen LogP contribution in [0.2, 0.25) is 0 Å². The number of benzene rings is 9. The zero-order valence-corrected chi connectivity index (χ0v) is 44.6. The fourth-order valence-corrected chi connectivity index (χ4v) is 18.4. The molecular formula is C72H61N3S. The standard InChI is InChI=1S/C72H61N3S/c1-5-46-40-47-39-45(2)71(53(41-46)42-47)61-31-19-18-29-56(61)58-37-38-64-66(67(58)71)60-36-33-49(44-65(60)76(64,3)4)54-27-15-16-30-59(54)70-74-68(48-21-9-6-10-22-48)73-69(75-70)50-34-35-57-55-28-17-20-32-62(55)72(63(57)43-50,51-23-11-7-12-24-51)52-25-13-8-14-26-52/h6-38,43-47,53H,5,39-42H2,1-4H3. The summed E-state index contributed by atoms with van der Waals surface area (Å²) in [7, 11) is -1.39. The lowest BCUT2D eigenvalue weighted by Crippen LogP contribution is -2.49. The second kappa shape index (κ2) is 17.2. The van der Waals surface area contributed by atoms with Gasteiger partial charge in [-0.1, -0.05) is 214 Å². The molecule has 10 aromatic rings. The van der Waals surface area contributed by atoms with Crippen molar-refractivity contribution in [1.82, 2.24) is 15.0 Å². The number of hydrogen-bond acceptors (Lipinski definition) is 3. The SMILES string of the molecule is CCC1CC2CC(C)C3(c4ccccc4-c4ccc5c(c43)-c3ccc(-c4ccccc4-c4nc(-c6ccccc6)nc(-c6ccc7c(c6)C(c6ccccc6)(c6ccccc6)c6ccccc6-7)n4)cc3S5(C)C)C(C1)C2. The van der Waals surface area contributed by atoms with E-state index < -0.39 is 15.4 Å². The summed E-state index contributed by atoms with van der Waals surface area (Å²) in [5.74, 6) is 4.84. The minimum absolute atomic E-state index is 0.0181. The van der Waals surface area contributed by atoms with Crippen LogP contribution >= 0.6 is 10.0 Å². The van der Waals surface area contributed by atoms with Gasteiger partial charge in [-0.2, -0.15) is 10.0 Å². The second-order valence-electron chi connectivity index (χ2n) is 23.0. The van der Waals surface area contributed by atoms with Gasteiger partial charge in [0.25, 0.3) is 0 Å². The molecule has 370 valence electrons. The molecule has 1 aromatic heterocycles. The molecule has 1 aliphatic heterocycles. The maximum Gasteiger partial charge on any atom is 0.164 e. The molecule has 2 saturated carbocycles. The van der Waals surface area contributed by atoms with E-state index in [4.69, 9.17) is 15.0 Å². The van der Waals surface area contributed by atoms with Crippen molar-refractivity contribution in [3.63, 3.8) is 0 Å². The topological polar surface area (TPSA) is 38.7 Å². The van der Waals surface area contributed by atoms with Gasteiger partial charge in [-0.05, 0) is 158 Å². The Hall–Kier alpha value is -7.66. The lowest BCUT2D eigenvalue weighted by atomic mass is 9.48. The van der Waals surface area contributed by atoms with E-state index in [1.54, 1.807) is 21.6 Å². The molecule has 3 nitrogen and oxygen atoms in total. The van der Waals surface area contributed by atoms with E-state index >= 15 is 0 Å². The van der Waals surface area contributed by atoms with Crippen molar-refractivity contribution < 1.29 is 0 Å². The van der Waals surface area contributed by atoms with Gasteiger partial charge in [0.2, 0.25) is 0 Å². The van der Waals surface area contributed by atoms with Crippen molar-refractivity contribution in [3.8, 4) is 78.7 Å². The van der Waals surface area contributed by atoms with Crippen LogP contribution in [0.4, 0.5) is 0 Å². The average molecular weight is 1000 g/mol. The summed E-state index contributed by atoms with van der Waals surface area (Å²) in [6.45, 7) is 5.05. The first-order valence-corrected chi connectivity index (χ1v) is 30.2. The quantitative estimate of drug-likeness (QED) is 0.160. The summed E-state index contributed by atoms with van der Waals surface area (Å²) < 4.78 is 0. The molecule has 0 saturated heterocycles. The van der Waals surface area contributed by atoms with Crippen molar-refractivity contribution in [2.24, 2.45) is 23.7 Å². The van der Waals surface area contributed by atoms with Gasteiger partial charge in [-0.15, -0.1) is 0 Å². The Morgan fingerprint density at radius 3 is 1.70 bits per heavy atom. The normalized spacial score (nSPS) is 21.9. The zero-order valence-electron chi connectivity index (χ0n) is 43.8. The van der Waals surface area contributed by atoms with Gasteiger partial charge in [0.15, 0.2) is 17.5 Å². The van der Waals surface area contributed by atoms with Crippen LogP contribution in [0.1, 0.15) is 79.3 Å². The summed E-state index contributed by atoms with van der Waals surface area (Å²) in [4.78, 5) is 19.3. The van der Waals surface area contributed by atoms with Crippen LogP contribution in [0.5, 0.6) is 0 Å². The van der Waals surface area contributed by atoms with E-state index in [0.29, 0.717) is 29.3 Å². The van der Waals surface area contributed by atoms with E-state index in [2.05, 4.69) is 239 Å². The molecule has 76 heavy (non-hydrogen) atoms. The Labute approximate surface area is 449 Å². The van der Waals surface area contributed by atoms with Gasteiger partial charge >= 0.3 is 0 Å². The molecule has 15 rings (SSSR count). The van der Waals surface area contributed by atoms with Crippen LogP contribution in [-0.4, -0.2) is 27.5 Å². The predicted molar refractivity (Wildman–Crippen MR) is 315 cm³/mol. The summed E-state index contributed by atoms with van der Waals surface area (Å²) in [6, 6.07) is 79.0. The van der Waals surface area contributed by atoms with Crippen molar-refractivity contribution in [2.45, 2.75) is 66.6 Å². The largest absolute Gasteiger partial charge is 0.208 e. The maximum atomic E-state index is 5.52. The van der Waals surface area contributed by atoms with Crippen LogP contribution in [0.15, 0.2) is 222 Å². The second-order valence-corrected chi connectivity index (χ2v) is 26.5. The fourth-order valence-electron chi connectivity index (χ4n) is 15.9. The van der Waals surface area contributed by atoms with Crippen LogP contribution in [-0.2, 0) is 10.8 Å². The van der Waals surface area contributed by atoms with Gasteiger partial charge < -0.3 is 0 Å². The van der Waals surface area contributed by atoms with Crippen LogP contribution in [0.3, 0.4) is 0 Å². The van der Waals surface area contributed by atoms with Gasteiger partial charge in [0, 0.05) is 31.9 Å². The van der Waals surface area contributed by atoms with Crippen molar-refractivity contribution >= 4 is 10.0 Å². The Balaban J connectivity index is 0.891. The smallest absolute Gasteiger partial charge is 0.164 e. The highest BCUT2D eigenvalue weighted by molar-refractivity contribution is 8.33. The Bertz CT molecular complexity index is 3910. The molecule has 0 radical (unpaired) electrons. The average Bonchev–Trinajstić information content (AvgIpc) is 4.13. The molecule has 4 aliphatic carbocycles. The van der Waals surface area contributed by atoms with E-state index in [1.807, 2.05) is 0 Å². The zero-order chi connectivity index (χ0) is 50.9. The predicted octanol–water partition coefficient (Wildman–Crippen LogP) is 18.1. The molecule has 5 unspecified atom stereocenters. The molecule has 5 aliphatic rings. The van der Waals surface area contributed by atoms with Crippen LogP contribution < -0.4 is 0 Å². The minimum atomic E-state index is -1.39. The third-order valence-corrected chi connectivity index (χ3v) is 21.9. The Kier molecular flexibility index (Phi) is 10.3. The highest BCUT2D eigenvalue weighted by Gasteiger charge is 2.59. The van der Waals surface area contributed by atoms with E-state index in [0.717, 1.165) is 34.1 Å². The molecule has 4 heteroatoms. The molecule has 5 atom stereocenters. The molecule has 1 spiro atoms. The molecule has 0 N–H and O–H groups in total. The minimum Gasteiger partial charge on any atom is -0.208 e. The molecule has 2 heterocycles. The first-order valence-electron chi connectivity index (χ1n) is 27.7. The van der Waals surface area contributed by atoms with Gasteiger partial charge in [-0.3, -0.25) is 0 Å². The third-order valence-electron chi connectivity index (χ3n) is 19.0. The highest BCUT2D eigenvalue weighted by atomic mass is 32.3. The summed E-state index contributed by atoms with van der Waals surface area (Å²) in [5.41, 5.74) is 21.3. The monoisotopic (exact) mass is 999 g/mol. The van der Waals surface area contributed by atoms with Crippen molar-refractivity contribution in [3.05, 3.63) is 246 Å². The van der Waals surface area contributed by atoms with Gasteiger partial charge in [-0.25, -0.2) is 15.0 Å². The van der Waals surface area contributed by atoms with Crippen molar-refractivity contribution in [1.29, 1.82) is 0 Å².